The van der Waals surface area contributed by atoms with Crippen LogP contribution in [0.25, 0.3) is 0 Å². The maximum absolute atomic E-state index is 5.54. The van der Waals surface area contributed by atoms with Crippen LogP contribution >= 0.6 is 0 Å². The summed E-state index contributed by atoms with van der Waals surface area (Å²) >= 11 is 0. The molecule has 0 aromatic carbocycles. The first kappa shape index (κ1) is 20.7. The van der Waals surface area contributed by atoms with E-state index in [0.717, 1.165) is 43.8 Å². The summed E-state index contributed by atoms with van der Waals surface area (Å²) in [5.41, 5.74) is 0. The van der Waals surface area contributed by atoms with Crippen molar-refractivity contribution in [1.82, 2.24) is 15.5 Å². The van der Waals surface area contributed by atoms with Crippen molar-refractivity contribution in [3.8, 4) is 0 Å². The van der Waals surface area contributed by atoms with E-state index in [2.05, 4.69) is 15.5 Å². The molecule has 4 rings (SSSR count). The Balaban J connectivity index is 1.26. The van der Waals surface area contributed by atoms with Crippen LogP contribution in [0.4, 0.5) is 0 Å². The zero-order valence-electron chi connectivity index (χ0n) is 17.8. The second-order valence-electron chi connectivity index (χ2n) is 8.99. The molecular formula is C23H38N4O2. The lowest BCUT2D eigenvalue weighted by atomic mass is 9.95. The predicted molar refractivity (Wildman–Crippen MR) is 116 cm³/mol. The first-order chi connectivity index (χ1) is 14.3. The Morgan fingerprint density at radius 2 is 1.83 bits per heavy atom. The maximum atomic E-state index is 5.54. The molecule has 3 heterocycles. The van der Waals surface area contributed by atoms with Crippen LogP contribution in [0.3, 0.4) is 0 Å². The SMILES string of the molecule is c1coc(CCN=C(NC2CCCCC2)NC2CCN(CC3CCOC3)CC2)c1. The summed E-state index contributed by atoms with van der Waals surface area (Å²) in [6, 6.07) is 5.07. The average molecular weight is 403 g/mol. The Morgan fingerprint density at radius 3 is 2.52 bits per heavy atom. The molecule has 6 heteroatoms. The Kier molecular flexibility index (Phi) is 7.88. The average Bonchev–Trinajstić information content (AvgIpc) is 3.45. The minimum Gasteiger partial charge on any atom is -0.469 e. The molecule has 0 radical (unpaired) electrons. The van der Waals surface area contributed by atoms with Crippen molar-refractivity contribution in [3.63, 3.8) is 0 Å². The minimum absolute atomic E-state index is 0.518. The maximum Gasteiger partial charge on any atom is 0.191 e. The summed E-state index contributed by atoms with van der Waals surface area (Å²) in [7, 11) is 0. The van der Waals surface area contributed by atoms with E-state index < -0.39 is 0 Å². The normalized spacial score (nSPS) is 25.4. The molecule has 1 atom stereocenters. The highest BCUT2D eigenvalue weighted by molar-refractivity contribution is 5.80. The summed E-state index contributed by atoms with van der Waals surface area (Å²) in [6.45, 7) is 6.23. The van der Waals surface area contributed by atoms with Gasteiger partial charge in [0.05, 0.1) is 12.9 Å². The largest absolute Gasteiger partial charge is 0.469 e. The molecule has 162 valence electrons. The number of nitrogens with zero attached hydrogens (tertiary/aromatic N) is 2. The molecule has 0 bridgehead atoms. The van der Waals surface area contributed by atoms with Crippen molar-refractivity contribution >= 4 is 5.96 Å². The van der Waals surface area contributed by atoms with Crippen LogP contribution in [0, 0.1) is 5.92 Å². The molecule has 0 amide bonds. The summed E-state index contributed by atoms with van der Waals surface area (Å²) < 4.78 is 11.0. The van der Waals surface area contributed by atoms with E-state index in [0.29, 0.717) is 12.1 Å². The minimum atomic E-state index is 0.518. The summed E-state index contributed by atoms with van der Waals surface area (Å²) in [6.07, 6.45) is 12.8. The van der Waals surface area contributed by atoms with Gasteiger partial charge in [0.1, 0.15) is 5.76 Å². The number of likely N-dealkylation sites (tertiary alicyclic amines) is 1. The molecule has 1 unspecified atom stereocenters. The lowest BCUT2D eigenvalue weighted by molar-refractivity contribution is 0.150. The zero-order valence-corrected chi connectivity index (χ0v) is 17.8. The fourth-order valence-electron chi connectivity index (χ4n) is 4.85. The van der Waals surface area contributed by atoms with Crippen LogP contribution in [0.15, 0.2) is 27.8 Å². The number of nitrogens with one attached hydrogen (secondary N) is 2. The van der Waals surface area contributed by atoms with E-state index in [9.17, 15) is 0 Å². The number of aliphatic imine (C=N–C) groups is 1. The van der Waals surface area contributed by atoms with Gasteiger partial charge >= 0.3 is 0 Å². The Hall–Kier alpha value is -1.53. The molecule has 0 spiro atoms. The van der Waals surface area contributed by atoms with Crippen molar-refractivity contribution in [2.24, 2.45) is 10.9 Å². The Bertz CT molecular complexity index is 598. The molecule has 3 aliphatic rings. The van der Waals surface area contributed by atoms with Crippen LogP contribution in [-0.4, -0.2) is 62.3 Å². The smallest absolute Gasteiger partial charge is 0.191 e. The van der Waals surface area contributed by atoms with Gasteiger partial charge in [0.25, 0.3) is 0 Å². The van der Waals surface area contributed by atoms with E-state index in [4.69, 9.17) is 14.1 Å². The lowest BCUT2D eigenvalue weighted by Gasteiger charge is -2.35. The quantitative estimate of drug-likeness (QED) is 0.542. The predicted octanol–water partition coefficient (Wildman–Crippen LogP) is 3.19. The third kappa shape index (κ3) is 6.75. The molecule has 2 aliphatic heterocycles. The molecule has 1 aromatic heterocycles. The summed E-state index contributed by atoms with van der Waals surface area (Å²) in [5.74, 6) is 2.76. The Morgan fingerprint density at radius 1 is 1.03 bits per heavy atom. The number of rotatable bonds is 7. The first-order valence-corrected chi connectivity index (χ1v) is 11.7. The molecule has 29 heavy (non-hydrogen) atoms. The number of furan rings is 1. The molecule has 3 fully saturated rings. The van der Waals surface area contributed by atoms with Crippen LogP contribution in [0.5, 0.6) is 0 Å². The fraction of sp³-hybridized carbons (Fsp3) is 0.783. The monoisotopic (exact) mass is 402 g/mol. The van der Waals surface area contributed by atoms with Gasteiger partial charge in [0.2, 0.25) is 0 Å². The molecule has 1 aliphatic carbocycles. The van der Waals surface area contributed by atoms with E-state index in [-0.39, 0.29) is 0 Å². The van der Waals surface area contributed by atoms with E-state index in [1.165, 1.54) is 71.0 Å². The summed E-state index contributed by atoms with van der Waals surface area (Å²) in [4.78, 5) is 7.52. The van der Waals surface area contributed by atoms with Gasteiger partial charge in [-0.1, -0.05) is 19.3 Å². The van der Waals surface area contributed by atoms with Gasteiger partial charge in [-0.05, 0) is 50.2 Å². The van der Waals surface area contributed by atoms with Crippen LogP contribution in [0.1, 0.15) is 57.1 Å². The number of hydrogen-bond donors (Lipinski definition) is 2. The second kappa shape index (κ2) is 11.0. The number of piperidine rings is 1. The van der Waals surface area contributed by atoms with Gasteiger partial charge < -0.3 is 24.7 Å². The number of guanidine groups is 1. The van der Waals surface area contributed by atoms with Crippen molar-refractivity contribution in [2.45, 2.75) is 69.9 Å². The third-order valence-electron chi connectivity index (χ3n) is 6.62. The molecule has 6 nitrogen and oxygen atoms in total. The van der Waals surface area contributed by atoms with E-state index in [1.54, 1.807) is 6.26 Å². The van der Waals surface area contributed by atoms with Crippen LogP contribution < -0.4 is 10.6 Å². The van der Waals surface area contributed by atoms with Crippen LogP contribution in [0.2, 0.25) is 0 Å². The summed E-state index contributed by atoms with van der Waals surface area (Å²) in [5, 5.41) is 7.49. The van der Waals surface area contributed by atoms with E-state index in [1.807, 2.05) is 12.1 Å². The van der Waals surface area contributed by atoms with Crippen molar-refractivity contribution in [2.75, 3.05) is 39.4 Å². The standard InChI is InChI=1S/C23H38N4O2/c1-2-5-20(6-3-1)25-23(24-12-8-22-7-4-15-29-22)26-21-9-13-27(14-10-21)17-19-11-16-28-18-19/h4,7,15,19-21H,1-3,5-6,8-14,16-18H2,(H2,24,25,26). The molecule has 1 aromatic rings. The third-order valence-corrected chi connectivity index (χ3v) is 6.62. The molecule has 2 N–H and O–H groups in total. The van der Waals surface area contributed by atoms with E-state index >= 15 is 0 Å². The van der Waals surface area contributed by atoms with Crippen molar-refractivity contribution in [1.29, 1.82) is 0 Å². The van der Waals surface area contributed by atoms with Crippen LogP contribution in [-0.2, 0) is 11.2 Å². The molecule has 1 saturated carbocycles. The molecule has 2 saturated heterocycles. The van der Waals surface area contributed by atoms with Gasteiger partial charge in [-0.3, -0.25) is 4.99 Å². The van der Waals surface area contributed by atoms with Crippen molar-refractivity contribution in [3.05, 3.63) is 24.2 Å². The van der Waals surface area contributed by atoms with Gasteiger partial charge in [-0.15, -0.1) is 0 Å². The molecular weight excluding hydrogens is 364 g/mol. The van der Waals surface area contributed by atoms with Gasteiger partial charge in [0, 0.05) is 51.3 Å². The highest BCUT2D eigenvalue weighted by Crippen LogP contribution is 2.19. The first-order valence-electron chi connectivity index (χ1n) is 11.7. The Labute approximate surface area is 175 Å². The fourth-order valence-corrected chi connectivity index (χ4v) is 4.85. The lowest BCUT2D eigenvalue weighted by Crippen LogP contribution is -2.51. The number of ether oxygens (including phenoxy) is 1. The number of hydrogen-bond acceptors (Lipinski definition) is 4. The highest BCUT2D eigenvalue weighted by atomic mass is 16.5. The van der Waals surface area contributed by atoms with Crippen molar-refractivity contribution < 1.29 is 9.15 Å². The second-order valence-corrected chi connectivity index (χ2v) is 8.99. The van der Waals surface area contributed by atoms with Gasteiger partial charge in [0.15, 0.2) is 5.96 Å². The van der Waals surface area contributed by atoms with Gasteiger partial charge in [-0.25, -0.2) is 0 Å². The van der Waals surface area contributed by atoms with Gasteiger partial charge in [-0.2, -0.15) is 0 Å². The topological polar surface area (TPSA) is 62.0 Å². The highest BCUT2D eigenvalue weighted by Gasteiger charge is 2.25. The zero-order chi connectivity index (χ0) is 19.7.